The molecule has 0 atom stereocenters. The number of aliphatic imine (C=N–C) groups is 1. The summed E-state index contributed by atoms with van der Waals surface area (Å²) in [5.41, 5.74) is 7.14. The SMILES string of the molecule is C=C1C(CN2CCN(c3ccccc3OC)CC2)=CC2=C(OCN(CCC3=CCCCC3)C2)C1=N/C=C\C.CC. The molecule has 6 nitrogen and oxygen atoms in total. The molecule has 40 heavy (non-hydrogen) atoms. The molecule has 0 unspecified atom stereocenters. The summed E-state index contributed by atoms with van der Waals surface area (Å²) in [6.45, 7) is 17.8. The molecular weight excluding hydrogens is 496 g/mol. The average Bonchev–Trinajstić information content (AvgIpc) is 3.02. The molecule has 1 saturated heterocycles. The maximum atomic E-state index is 6.32. The van der Waals surface area contributed by atoms with E-state index in [0.29, 0.717) is 6.73 Å². The lowest BCUT2D eigenvalue weighted by atomic mass is 9.90. The summed E-state index contributed by atoms with van der Waals surface area (Å²) in [4.78, 5) is 12.1. The predicted octanol–water partition coefficient (Wildman–Crippen LogP) is 6.75. The fraction of sp³-hybridized carbons (Fsp3) is 0.500. The summed E-state index contributed by atoms with van der Waals surface area (Å²) in [6.07, 6.45) is 14.9. The molecule has 5 rings (SSSR count). The van der Waals surface area contributed by atoms with Crippen molar-refractivity contribution in [3.05, 3.63) is 83.3 Å². The summed E-state index contributed by atoms with van der Waals surface area (Å²) in [7, 11) is 1.75. The van der Waals surface area contributed by atoms with E-state index in [9.17, 15) is 0 Å². The number of ether oxygens (including phenoxy) is 2. The monoisotopic (exact) mass is 544 g/mol. The van der Waals surface area contributed by atoms with Gasteiger partial charge in [-0.3, -0.25) is 14.8 Å². The van der Waals surface area contributed by atoms with E-state index in [0.717, 1.165) is 75.0 Å². The zero-order chi connectivity index (χ0) is 28.3. The Morgan fingerprint density at radius 2 is 1.88 bits per heavy atom. The Labute approximate surface area is 242 Å². The number of piperazine rings is 1. The van der Waals surface area contributed by atoms with E-state index in [-0.39, 0.29) is 0 Å². The van der Waals surface area contributed by atoms with Crippen LogP contribution in [0.3, 0.4) is 0 Å². The Morgan fingerprint density at radius 3 is 2.60 bits per heavy atom. The Kier molecular flexibility index (Phi) is 11.2. The van der Waals surface area contributed by atoms with Gasteiger partial charge in [0.25, 0.3) is 0 Å². The van der Waals surface area contributed by atoms with Crippen molar-refractivity contribution in [1.29, 1.82) is 0 Å². The fourth-order valence-corrected chi connectivity index (χ4v) is 5.81. The van der Waals surface area contributed by atoms with Crippen molar-refractivity contribution in [2.24, 2.45) is 4.99 Å². The van der Waals surface area contributed by atoms with Gasteiger partial charge < -0.3 is 14.4 Å². The van der Waals surface area contributed by atoms with Crippen molar-refractivity contribution in [2.75, 3.05) is 64.6 Å². The fourth-order valence-electron chi connectivity index (χ4n) is 5.81. The second kappa shape index (κ2) is 15.1. The van der Waals surface area contributed by atoms with Crippen molar-refractivity contribution < 1.29 is 9.47 Å². The topological polar surface area (TPSA) is 40.5 Å². The number of allylic oxidation sites excluding steroid dienone is 3. The predicted molar refractivity (Wildman–Crippen MR) is 168 cm³/mol. The highest BCUT2D eigenvalue weighted by Gasteiger charge is 2.31. The molecular formula is C34H48N4O2. The normalized spacial score (nSPS) is 21.4. The van der Waals surface area contributed by atoms with Gasteiger partial charge in [-0.2, -0.15) is 0 Å². The molecule has 1 aromatic carbocycles. The van der Waals surface area contributed by atoms with Crippen molar-refractivity contribution in [1.82, 2.24) is 9.80 Å². The second-order valence-corrected chi connectivity index (χ2v) is 10.6. The Morgan fingerprint density at radius 1 is 1.07 bits per heavy atom. The standard InChI is InChI=1S/C32H42N4O2.C2H6/c1-4-15-33-31-25(2)27(22-34-17-19-36(20-18-34)29-12-8-9-13-30(29)37-3)21-28-23-35(24-38-32(28)31)16-14-26-10-6-5-7-11-26;1-2/h4,8-10,12-13,15,21H,2,5-7,11,14,16-20,22-24H2,1,3H3;1-2H3/b15-4-,33-31?;. The molecule has 0 bridgehead atoms. The van der Waals surface area contributed by atoms with Crippen LogP contribution in [0.1, 0.15) is 52.9 Å². The molecule has 4 aliphatic rings. The first-order valence-electron chi connectivity index (χ1n) is 15.1. The van der Waals surface area contributed by atoms with Gasteiger partial charge in [-0.15, -0.1) is 0 Å². The van der Waals surface area contributed by atoms with Crippen molar-refractivity contribution in [3.8, 4) is 5.75 Å². The van der Waals surface area contributed by atoms with E-state index in [1.165, 1.54) is 42.5 Å². The molecule has 216 valence electrons. The lowest BCUT2D eigenvalue weighted by Crippen LogP contribution is -2.47. The number of methoxy groups -OCH3 is 1. The Bertz CT molecular complexity index is 1170. The van der Waals surface area contributed by atoms with Crippen LogP contribution >= 0.6 is 0 Å². The molecule has 0 amide bonds. The highest BCUT2D eigenvalue weighted by atomic mass is 16.5. The molecule has 2 heterocycles. The summed E-state index contributed by atoms with van der Waals surface area (Å²) in [6, 6.07) is 8.30. The van der Waals surface area contributed by atoms with Gasteiger partial charge in [0, 0.05) is 63.2 Å². The number of benzene rings is 1. The van der Waals surface area contributed by atoms with Crippen LogP contribution in [-0.4, -0.2) is 75.2 Å². The summed E-state index contributed by atoms with van der Waals surface area (Å²) in [5.74, 6) is 1.85. The molecule has 2 aliphatic heterocycles. The first-order valence-corrected chi connectivity index (χ1v) is 15.1. The minimum absolute atomic E-state index is 0.613. The van der Waals surface area contributed by atoms with E-state index in [1.54, 1.807) is 12.7 Å². The quantitative estimate of drug-likeness (QED) is 0.339. The van der Waals surface area contributed by atoms with Gasteiger partial charge in [-0.1, -0.05) is 50.3 Å². The first-order chi connectivity index (χ1) is 19.7. The molecule has 0 spiro atoms. The van der Waals surface area contributed by atoms with Crippen molar-refractivity contribution in [3.63, 3.8) is 0 Å². The average molecular weight is 545 g/mol. The van der Waals surface area contributed by atoms with Crippen LogP contribution in [0.4, 0.5) is 5.69 Å². The Balaban J connectivity index is 0.00000181. The first kappa shape index (κ1) is 29.9. The zero-order valence-electron chi connectivity index (χ0n) is 25.1. The summed E-state index contributed by atoms with van der Waals surface area (Å²) in [5, 5.41) is 0. The van der Waals surface area contributed by atoms with Gasteiger partial charge in [0.1, 0.15) is 18.2 Å². The number of hydrogen-bond donors (Lipinski definition) is 0. The number of anilines is 1. The van der Waals surface area contributed by atoms with Crippen molar-refractivity contribution in [2.45, 2.75) is 52.9 Å². The van der Waals surface area contributed by atoms with E-state index < -0.39 is 0 Å². The summed E-state index contributed by atoms with van der Waals surface area (Å²) < 4.78 is 11.9. The molecule has 1 fully saturated rings. The molecule has 1 aromatic rings. The van der Waals surface area contributed by atoms with Crippen LogP contribution in [-0.2, 0) is 4.74 Å². The molecule has 0 radical (unpaired) electrons. The molecule has 0 aromatic heterocycles. The lowest BCUT2D eigenvalue weighted by Gasteiger charge is -2.38. The second-order valence-electron chi connectivity index (χ2n) is 10.6. The number of hydrogen-bond acceptors (Lipinski definition) is 6. The minimum Gasteiger partial charge on any atom is -0.495 e. The van der Waals surface area contributed by atoms with Gasteiger partial charge in [0.05, 0.1) is 12.8 Å². The van der Waals surface area contributed by atoms with Crippen LogP contribution in [0.2, 0.25) is 0 Å². The van der Waals surface area contributed by atoms with Crippen LogP contribution in [0.25, 0.3) is 0 Å². The number of para-hydroxylation sites is 2. The third-order valence-electron chi connectivity index (χ3n) is 7.99. The van der Waals surface area contributed by atoms with Gasteiger partial charge in [-0.25, -0.2) is 0 Å². The lowest BCUT2D eigenvalue weighted by molar-refractivity contribution is 0.0688. The Hall–Kier alpha value is -3.09. The zero-order valence-corrected chi connectivity index (χ0v) is 25.1. The van der Waals surface area contributed by atoms with Crippen LogP contribution in [0.15, 0.2) is 88.3 Å². The van der Waals surface area contributed by atoms with Crippen LogP contribution in [0.5, 0.6) is 5.75 Å². The molecule has 6 heteroatoms. The molecule has 2 aliphatic carbocycles. The minimum atomic E-state index is 0.613. The van der Waals surface area contributed by atoms with E-state index in [4.69, 9.17) is 14.5 Å². The smallest absolute Gasteiger partial charge is 0.152 e. The maximum absolute atomic E-state index is 6.32. The largest absolute Gasteiger partial charge is 0.495 e. The highest BCUT2D eigenvalue weighted by Crippen LogP contribution is 2.32. The van der Waals surface area contributed by atoms with Gasteiger partial charge in [0.15, 0.2) is 5.76 Å². The molecule has 0 N–H and O–H groups in total. The van der Waals surface area contributed by atoms with Gasteiger partial charge >= 0.3 is 0 Å². The van der Waals surface area contributed by atoms with Crippen LogP contribution < -0.4 is 9.64 Å². The van der Waals surface area contributed by atoms with Crippen molar-refractivity contribution >= 4 is 11.4 Å². The van der Waals surface area contributed by atoms with E-state index in [2.05, 4.69) is 45.6 Å². The third kappa shape index (κ3) is 7.35. The number of nitrogens with zero attached hydrogens (tertiary/aromatic N) is 4. The van der Waals surface area contributed by atoms with Gasteiger partial charge in [0.2, 0.25) is 0 Å². The van der Waals surface area contributed by atoms with Gasteiger partial charge in [-0.05, 0) is 62.8 Å². The van der Waals surface area contributed by atoms with E-state index >= 15 is 0 Å². The third-order valence-corrected chi connectivity index (χ3v) is 7.99. The maximum Gasteiger partial charge on any atom is 0.152 e. The summed E-state index contributed by atoms with van der Waals surface area (Å²) >= 11 is 0. The van der Waals surface area contributed by atoms with E-state index in [1.807, 2.05) is 45.2 Å². The highest BCUT2D eigenvalue weighted by molar-refractivity contribution is 6.16. The van der Waals surface area contributed by atoms with Crippen LogP contribution in [0, 0.1) is 0 Å². The molecule has 0 saturated carbocycles. The number of rotatable bonds is 8.